The van der Waals surface area contributed by atoms with Gasteiger partial charge in [0.2, 0.25) is 0 Å². The minimum absolute atomic E-state index is 0.106. The van der Waals surface area contributed by atoms with Crippen LogP contribution in [0, 0.1) is 17.2 Å². The van der Waals surface area contributed by atoms with Gasteiger partial charge in [0.25, 0.3) is 0 Å². The molecule has 0 aromatic heterocycles. The predicted octanol–water partition coefficient (Wildman–Crippen LogP) is 1.00. The molecular weight excluding hydrogens is 254 g/mol. The normalized spacial score (nSPS) is 30.4. The molecule has 0 spiro atoms. The van der Waals surface area contributed by atoms with Crippen LogP contribution in [0.25, 0.3) is 0 Å². The highest BCUT2D eigenvalue weighted by molar-refractivity contribution is 5.17. The highest BCUT2D eigenvalue weighted by atomic mass is 16.5. The van der Waals surface area contributed by atoms with E-state index in [1.807, 2.05) is 0 Å². The molecule has 1 aliphatic carbocycles. The summed E-state index contributed by atoms with van der Waals surface area (Å²) >= 11 is 0. The van der Waals surface area contributed by atoms with Crippen molar-refractivity contribution in [1.29, 1.82) is 5.26 Å². The highest BCUT2D eigenvalue weighted by Gasteiger charge is 2.48. The molecule has 2 rings (SSSR count). The lowest BCUT2D eigenvalue weighted by molar-refractivity contribution is -0.00461. The van der Waals surface area contributed by atoms with E-state index in [9.17, 15) is 5.26 Å². The second-order valence-corrected chi connectivity index (χ2v) is 6.40. The van der Waals surface area contributed by atoms with Crippen LogP contribution in [0.1, 0.15) is 26.7 Å². The van der Waals surface area contributed by atoms with Gasteiger partial charge >= 0.3 is 0 Å². The van der Waals surface area contributed by atoms with Gasteiger partial charge in [-0.1, -0.05) is 0 Å². The second-order valence-electron chi connectivity index (χ2n) is 6.40. The molecule has 2 aliphatic rings. The Morgan fingerprint density at radius 3 is 2.15 bits per heavy atom. The Labute approximate surface area is 122 Å². The number of nitrogens with zero attached hydrogens (tertiary/aromatic N) is 2. The van der Waals surface area contributed by atoms with Crippen molar-refractivity contribution >= 4 is 0 Å². The van der Waals surface area contributed by atoms with Crippen molar-refractivity contribution in [2.24, 2.45) is 5.92 Å². The first-order valence-corrected chi connectivity index (χ1v) is 7.51. The minimum atomic E-state index is -0.422. The Bertz CT molecular complexity index is 353. The molecule has 0 amide bonds. The molecule has 1 saturated heterocycles. The maximum atomic E-state index is 9.74. The topological polar surface area (TPSA) is 57.5 Å². The zero-order valence-corrected chi connectivity index (χ0v) is 13.1. The van der Waals surface area contributed by atoms with Crippen LogP contribution in [0.3, 0.4) is 0 Å². The van der Waals surface area contributed by atoms with Crippen molar-refractivity contribution in [1.82, 2.24) is 10.2 Å². The van der Waals surface area contributed by atoms with Crippen molar-refractivity contribution in [3.05, 3.63) is 0 Å². The maximum absolute atomic E-state index is 9.74. The standard InChI is InChI=1S/C15H27N3O2/c1-11(2)17-15(9-16,12-5-6-12)10-18-7-13(19-3)14(8-18)20-4/h11-14,17H,5-8,10H2,1-4H3. The molecule has 2 fully saturated rings. The Kier molecular flexibility index (Phi) is 5.03. The summed E-state index contributed by atoms with van der Waals surface area (Å²) in [6.45, 7) is 6.64. The largest absolute Gasteiger partial charge is 0.377 e. The molecule has 1 heterocycles. The summed E-state index contributed by atoms with van der Waals surface area (Å²) in [5.74, 6) is 0.484. The van der Waals surface area contributed by atoms with Crippen LogP contribution in [-0.4, -0.2) is 62.5 Å². The van der Waals surface area contributed by atoms with Gasteiger partial charge in [0.05, 0.1) is 18.3 Å². The number of methoxy groups -OCH3 is 2. The predicted molar refractivity (Wildman–Crippen MR) is 77.4 cm³/mol. The van der Waals surface area contributed by atoms with Crippen LogP contribution in [0.2, 0.25) is 0 Å². The number of nitrogens with one attached hydrogen (secondary N) is 1. The fourth-order valence-electron chi connectivity index (χ4n) is 3.30. The average Bonchev–Trinajstić information content (AvgIpc) is 3.19. The molecule has 1 aliphatic heterocycles. The van der Waals surface area contributed by atoms with Gasteiger partial charge in [0.15, 0.2) is 0 Å². The number of nitriles is 1. The molecule has 0 radical (unpaired) electrons. The van der Waals surface area contributed by atoms with Crippen LogP contribution in [0.5, 0.6) is 0 Å². The first-order chi connectivity index (χ1) is 9.54. The summed E-state index contributed by atoms with van der Waals surface area (Å²) in [5, 5.41) is 13.3. The van der Waals surface area contributed by atoms with Crippen molar-refractivity contribution < 1.29 is 9.47 Å². The van der Waals surface area contributed by atoms with E-state index in [-0.39, 0.29) is 12.2 Å². The van der Waals surface area contributed by atoms with E-state index in [0.29, 0.717) is 12.0 Å². The molecule has 114 valence electrons. The summed E-state index contributed by atoms with van der Waals surface area (Å²) in [6, 6.07) is 2.88. The van der Waals surface area contributed by atoms with Crippen molar-refractivity contribution in [3.8, 4) is 6.07 Å². The van der Waals surface area contributed by atoms with Gasteiger partial charge in [-0.3, -0.25) is 10.2 Å². The molecule has 5 heteroatoms. The van der Waals surface area contributed by atoms with Gasteiger partial charge in [-0.05, 0) is 32.6 Å². The summed E-state index contributed by atoms with van der Waals surface area (Å²) < 4.78 is 11.0. The van der Waals surface area contributed by atoms with Crippen LogP contribution < -0.4 is 5.32 Å². The Balaban J connectivity index is 2.04. The Morgan fingerprint density at radius 1 is 1.25 bits per heavy atom. The van der Waals surface area contributed by atoms with Crippen LogP contribution in [0.15, 0.2) is 0 Å². The molecule has 0 aromatic rings. The van der Waals surface area contributed by atoms with Crippen LogP contribution >= 0.6 is 0 Å². The molecule has 1 saturated carbocycles. The Hall–Kier alpha value is -0.670. The van der Waals surface area contributed by atoms with Gasteiger partial charge in [0, 0.05) is 39.9 Å². The van der Waals surface area contributed by atoms with E-state index in [4.69, 9.17) is 9.47 Å². The van der Waals surface area contributed by atoms with Crippen molar-refractivity contribution in [2.75, 3.05) is 33.9 Å². The van der Waals surface area contributed by atoms with E-state index in [1.54, 1.807) is 14.2 Å². The first kappa shape index (κ1) is 15.7. The fourth-order valence-corrected chi connectivity index (χ4v) is 3.30. The SMILES string of the molecule is COC1CN(CC(C#N)(NC(C)C)C2CC2)CC1OC. The van der Waals surface area contributed by atoms with Gasteiger partial charge in [-0.25, -0.2) is 0 Å². The monoisotopic (exact) mass is 281 g/mol. The van der Waals surface area contributed by atoms with Crippen molar-refractivity contribution in [3.63, 3.8) is 0 Å². The van der Waals surface area contributed by atoms with E-state index in [1.165, 1.54) is 0 Å². The third kappa shape index (κ3) is 3.32. The summed E-state index contributed by atoms with van der Waals surface area (Å²) in [5.41, 5.74) is -0.422. The van der Waals surface area contributed by atoms with Gasteiger partial charge < -0.3 is 9.47 Å². The number of hydrogen-bond acceptors (Lipinski definition) is 5. The zero-order chi connectivity index (χ0) is 14.8. The molecule has 5 nitrogen and oxygen atoms in total. The fraction of sp³-hybridized carbons (Fsp3) is 0.933. The molecule has 1 N–H and O–H groups in total. The lowest BCUT2D eigenvalue weighted by Crippen LogP contribution is -2.56. The smallest absolute Gasteiger partial charge is 0.122 e. The third-order valence-corrected chi connectivity index (χ3v) is 4.39. The lowest BCUT2D eigenvalue weighted by Gasteiger charge is -2.34. The van der Waals surface area contributed by atoms with Gasteiger partial charge in [-0.2, -0.15) is 5.26 Å². The van der Waals surface area contributed by atoms with E-state index < -0.39 is 5.54 Å². The molecule has 20 heavy (non-hydrogen) atoms. The number of ether oxygens (including phenoxy) is 2. The quantitative estimate of drug-likeness (QED) is 0.754. The third-order valence-electron chi connectivity index (χ3n) is 4.39. The maximum Gasteiger partial charge on any atom is 0.122 e. The van der Waals surface area contributed by atoms with E-state index >= 15 is 0 Å². The average molecular weight is 281 g/mol. The Morgan fingerprint density at radius 2 is 1.80 bits per heavy atom. The summed E-state index contributed by atoms with van der Waals surface area (Å²) in [7, 11) is 3.45. The summed E-state index contributed by atoms with van der Waals surface area (Å²) in [6.07, 6.45) is 2.52. The molecular formula is C15H27N3O2. The van der Waals surface area contributed by atoms with Crippen LogP contribution in [0.4, 0.5) is 0 Å². The zero-order valence-electron chi connectivity index (χ0n) is 13.1. The van der Waals surface area contributed by atoms with E-state index in [0.717, 1.165) is 32.5 Å². The van der Waals surface area contributed by atoms with Gasteiger partial charge in [0.1, 0.15) is 5.54 Å². The number of rotatable bonds is 7. The first-order valence-electron chi connectivity index (χ1n) is 7.51. The molecule has 3 atom stereocenters. The second kappa shape index (κ2) is 6.40. The summed E-state index contributed by atoms with van der Waals surface area (Å²) in [4.78, 5) is 2.30. The molecule has 3 unspecified atom stereocenters. The van der Waals surface area contributed by atoms with Crippen LogP contribution in [-0.2, 0) is 9.47 Å². The molecule has 0 bridgehead atoms. The lowest BCUT2D eigenvalue weighted by atomic mass is 9.93. The minimum Gasteiger partial charge on any atom is -0.377 e. The van der Waals surface area contributed by atoms with E-state index in [2.05, 4.69) is 30.1 Å². The van der Waals surface area contributed by atoms with Gasteiger partial charge in [-0.15, -0.1) is 0 Å². The number of hydrogen-bond donors (Lipinski definition) is 1. The number of likely N-dealkylation sites (tertiary alicyclic amines) is 1. The van der Waals surface area contributed by atoms with Crippen molar-refractivity contribution in [2.45, 2.75) is 50.5 Å². The molecule has 0 aromatic carbocycles. The highest BCUT2D eigenvalue weighted by Crippen LogP contribution is 2.40.